The molecule has 0 heterocycles. The lowest BCUT2D eigenvalue weighted by Gasteiger charge is -2.16. The third kappa shape index (κ3) is 4.96. The van der Waals surface area contributed by atoms with Crippen LogP contribution in [0.5, 0.6) is 0 Å². The summed E-state index contributed by atoms with van der Waals surface area (Å²) >= 11 is 0. The molecule has 0 aliphatic rings. The molecular weight excluding hydrogens is 244 g/mol. The van der Waals surface area contributed by atoms with E-state index in [9.17, 15) is 10.1 Å². The van der Waals surface area contributed by atoms with Gasteiger partial charge in [-0.2, -0.15) is 0 Å². The van der Waals surface area contributed by atoms with E-state index in [-0.39, 0.29) is 10.6 Å². The minimum Gasteiger partial charge on any atom is -0.258 e. The zero-order chi connectivity index (χ0) is 14.4. The first-order valence-electron chi connectivity index (χ1n) is 6.56. The Morgan fingerprint density at radius 3 is 2.05 bits per heavy atom. The maximum Gasteiger partial charge on any atom is 0.269 e. The number of benzene rings is 1. The van der Waals surface area contributed by atoms with Gasteiger partial charge in [0.05, 0.1) is 4.92 Å². The Morgan fingerprint density at radius 1 is 1.11 bits per heavy atom. The van der Waals surface area contributed by atoms with E-state index in [1.54, 1.807) is 12.1 Å². The Morgan fingerprint density at radius 2 is 1.63 bits per heavy atom. The highest BCUT2D eigenvalue weighted by atomic mass is 16.7. The van der Waals surface area contributed by atoms with Gasteiger partial charge in [0.2, 0.25) is 0 Å². The van der Waals surface area contributed by atoms with Crippen molar-refractivity contribution < 1.29 is 9.76 Å². The van der Waals surface area contributed by atoms with E-state index in [1.807, 2.05) is 5.06 Å². The van der Waals surface area contributed by atoms with E-state index in [1.165, 1.54) is 12.1 Å². The lowest BCUT2D eigenvalue weighted by molar-refractivity contribution is -0.384. The van der Waals surface area contributed by atoms with E-state index in [0.717, 1.165) is 12.0 Å². The topological polar surface area (TPSA) is 58.3 Å². The maximum absolute atomic E-state index is 10.5. The van der Waals surface area contributed by atoms with Crippen LogP contribution in [0.4, 0.5) is 5.69 Å². The molecule has 0 aliphatic carbocycles. The molecule has 0 aliphatic heterocycles. The molecular formula is C14H22N2O3+. The molecule has 0 atom stereocenters. The van der Waals surface area contributed by atoms with E-state index >= 15 is 0 Å². The molecule has 105 valence electrons. The van der Waals surface area contributed by atoms with Crippen molar-refractivity contribution in [3.05, 3.63) is 39.9 Å². The van der Waals surface area contributed by atoms with Crippen molar-refractivity contribution in [2.24, 2.45) is 0 Å². The number of nitrogens with zero attached hydrogens (tertiary/aromatic N) is 2. The molecule has 19 heavy (non-hydrogen) atoms. The SMILES string of the molecule is CC(C)[N+](OCCc1ccc([N+](=O)[O-])cc1)C(C)C. The summed E-state index contributed by atoms with van der Waals surface area (Å²) in [4.78, 5) is 15.9. The average Bonchev–Trinajstić information content (AvgIpc) is 2.34. The van der Waals surface area contributed by atoms with E-state index in [2.05, 4.69) is 27.7 Å². The van der Waals surface area contributed by atoms with Crippen molar-refractivity contribution in [1.29, 1.82) is 0 Å². The Hall–Kier alpha value is -1.46. The average molecular weight is 266 g/mol. The summed E-state index contributed by atoms with van der Waals surface area (Å²) in [6.45, 7) is 8.93. The molecule has 0 saturated heterocycles. The third-order valence-electron chi connectivity index (χ3n) is 2.80. The lowest BCUT2D eigenvalue weighted by Crippen LogP contribution is -2.43. The second-order valence-electron chi connectivity index (χ2n) is 5.05. The molecule has 0 spiro atoms. The second kappa shape index (κ2) is 7.21. The summed E-state index contributed by atoms with van der Waals surface area (Å²) in [7, 11) is 0. The van der Waals surface area contributed by atoms with Gasteiger partial charge in [-0.05, 0) is 38.3 Å². The Bertz CT molecular complexity index is 394. The Balaban J connectivity index is 2.46. The largest absolute Gasteiger partial charge is 0.269 e. The standard InChI is InChI=1S/C14H22N2O3/c1-11(2)15(12(3)4)19-10-9-13-5-7-14(8-6-13)16(17)18/h5-8,11-12H,9-10H2,1-4H3/q+1. The van der Waals surface area contributed by atoms with Crippen LogP contribution in [-0.2, 0) is 11.3 Å². The van der Waals surface area contributed by atoms with Crippen molar-refractivity contribution in [3.8, 4) is 0 Å². The fraction of sp³-hybridized carbons (Fsp3) is 0.571. The van der Waals surface area contributed by atoms with Crippen molar-refractivity contribution >= 4 is 5.69 Å². The normalized spacial score (nSPS) is 11.5. The minimum atomic E-state index is -0.389. The summed E-state index contributed by atoms with van der Waals surface area (Å²) < 4.78 is 0. The molecule has 1 radical (unpaired) electrons. The first-order chi connectivity index (χ1) is 8.91. The molecule has 5 heteroatoms. The molecule has 0 bridgehead atoms. The van der Waals surface area contributed by atoms with Crippen LogP contribution in [0.15, 0.2) is 24.3 Å². The van der Waals surface area contributed by atoms with Gasteiger partial charge in [0.25, 0.3) is 5.69 Å². The van der Waals surface area contributed by atoms with Crippen molar-refractivity contribution in [2.75, 3.05) is 6.61 Å². The smallest absolute Gasteiger partial charge is 0.258 e. The van der Waals surface area contributed by atoms with E-state index < -0.39 is 0 Å². The van der Waals surface area contributed by atoms with Gasteiger partial charge in [-0.3, -0.25) is 10.1 Å². The first-order valence-corrected chi connectivity index (χ1v) is 6.56. The van der Waals surface area contributed by atoms with Crippen molar-refractivity contribution in [3.63, 3.8) is 0 Å². The summed E-state index contributed by atoms with van der Waals surface area (Å²) in [6, 6.07) is 7.26. The van der Waals surface area contributed by atoms with Crippen LogP contribution in [0.1, 0.15) is 33.3 Å². The fourth-order valence-electron chi connectivity index (χ4n) is 1.95. The van der Waals surface area contributed by atoms with Crippen LogP contribution in [-0.4, -0.2) is 23.6 Å². The van der Waals surface area contributed by atoms with Gasteiger partial charge in [0.1, 0.15) is 6.61 Å². The molecule has 0 fully saturated rings. The molecule has 0 unspecified atom stereocenters. The van der Waals surface area contributed by atoms with Gasteiger partial charge < -0.3 is 0 Å². The van der Waals surface area contributed by atoms with Gasteiger partial charge >= 0.3 is 0 Å². The molecule has 1 rings (SSSR count). The number of nitro benzene ring substituents is 1. The molecule has 0 saturated carbocycles. The summed E-state index contributed by atoms with van der Waals surface area (Å²) in [5.41, 5.74) is 1.16. The lowest BCUT2D eigenvalue weighted by atomic mass is 10.1. The summed E-state index contributed by atoms with van der Waals surface area (Å²) in [6.07, 6.45) is 0.744. The number of non-ortho nitro benzene ring substituents is 1. The Kier molecular flexibility index (Phi) is 5.92. The predicted octanol–water partition coefficient (Wildman–Crippen LogP) is 3.03. The highest BCUT2D eigenvalue weighted by Crippen LogP contribution is 2.12. The number of hydroxylamine groups is 2. The molecule has 5 nitrogen and oxygen atoms in total. The zero-order valence-corrected chi connectivity index (χ0v) is 12.0. The molecule has 0 amide bonds. The maximum atomic E-state index is 10.5. The first kappa shape index (κ1) is 15.6. The highest BCUT2D eigenvalue weighted by molar-refractivity contribution is 5.32. The fourth-order valence-corrected chi connectivity index (χ4v) is 1.95. The van der Waals surface area contributed by atoms with Gasteiger partial charge in [0.15, 0.2) is 12.1 Å². The van der Waals surface area contributed by atoms with Gasteiger partial charge in [-0.25, -0.2) is 0 Å². The number of rotatable bonds is 7. The van der Waals surface area contributed by atoms with Crippen LogP contribution in [0, 0.1) is 10.1 Å². The van der Waals surface area contributed by atoms with Gasteiger partial charge in [-0.1, -0.05) is 12.1 Å². The van der Waals surface area contributed by atoms with Crippen LogP contribution in [0.3, 0.4) is 0 Å². The van der Waals surface area contributed by atoms with Crippen molar-refractivity contribution in [2.45, 2.75) is 46.2 Å². The van der Waals surface area contributed by atoms with Gasteiger partial charge in [-0.15, -0.1) is 4.84 Å². The molecule has 0 aromatic heterocycles. The minimum absolute atomic E-state index is 0.121. The van der Waals surface area contributed by atoms with E-state index in [4.69, 9.17) is 4.84 Å². The van der Waals surface area contributed by atoms with Crippen LogP contribution >= 0.6 is 0 Å². The molecule has 0 N–H and O–H groups in total. The quantitative estimate of drug-likeness (QED) is 0.433. The zero-order valence-electron chi connectivity index (χ0n) is 12.0. The van der Waals surface area contributed by atoms with Crippen molar-refractivity contribution in [1.82, 2.24) is 5.06 Å². The molecule has 1 aromatic rings. The molecule has 1 aromatic carbocycles. The number of hydrogen-bond donors (Lipinski definition) is 0. The van der Waals surface area contributed by atoms with Crippen LogP contribution < -0.4 is 5.06 Å². The highest BCUT2D eigenvalue weighted by Gasteiger charge is 2.25. The predicted molar refractivity (Wildman–Crippen MR) is 75.2 cm³/mol. The monoisotopic (exact) mass is 266 g/mol. The number of nitro groups is 1. The second-order valence-corrected chi connectivity index (χ2v) is 5.05. The van der Waals surface area contributed by atoms with Gasteiger partial charge in [0, 0.05) is 18.6 Å². The third-order valence-corrected chi connectivity index (χ3v) is 2.80. The summed E-state index contributed by atoms with van der Waals surface area (Å²) in [5, 5.41) is 12.5. The summed E-state index contributed by atoms with van der Waals surface area (Å²) in [5.74, 6) is 0. The van der Waals surface area contributed by atoms with E-state index in [0.29, 0.717) is 18.7 Å². The Labute approximate surface area is 114 Å². The van der Waals surface area contributed by atoms with Crippen LogP contribution in [0.25, 0.3) is 0 Å². The van der Waals surface area contributed by atoms with Crippen LogP contribution in [0.2, 0.25) is 0 Å². The number of hydrogen-bond acceptors (Lipinski definition) is 4.